The van der Waals surface area contributed by atoms with Crippen LogP contribution >= 0.6 is 7.82 Å². The fourth-order valence-corrected chi connectivity index (χ4v) is 4.88. The van der Waals surface area contributed by atoms with Gasteiger partial charge >= 0.3 is 7.82 Å². The highest BCUT2D eigenvalue weighted by Crippen LogP contribution is 2.43. The first-order chi connectivity index (χ1) is 20.9. The Labute approximate surface area is 262 Å². The molecule has 0 aromatic rings. The summed E-state index contributed by atoms with van der Waals surface area (Å²) in [6.07, 6.45) is 35.6. The molecule has 0 rings (SSSR count). The smallest absolute Gasteiger partial charge is 0.387 e. The molecule has 0 spiro atoms. The van der Waals surface area contributed by atoms with Crippen LogP contribution in [0, 0.1) is 0 Å². The molecule has 3 atom stereocenters. The number of aliphatic hydroxyl groups excluding tert-OH is 1. The van der Waals surface area contributed by atoms with Crippen molar-refractivity contribution in [3.05, 3.63) is 60.8 Å². The summed E-state index contributed by atoms with van der Waals surface area (Å²) in [5, 5.41) is 13.5. The van der Waals surface area contributed by atoms with Gasteiger partial charge in [0.05, 0.1) is 25.4 Å². The summed E-state index contributed by atoms with van der Waals surface area (Å²) in [6.45, 7) is 3.91. The number of unbranched alkanes of at least 4 members (excludes halogenated alkanes) is 9. The lowest BCUT2D eigenvalue weighted by Crippen LogP contribution is -2.45. The molecule has 0 heterocycles. The number of carbonyl (C=O) groups is 1. The highest BCUT2D eigenvalue weighted by molar-refractivity contribution is 7.47. The van der Waals surface area contributed by atoms with Gasteiger partial charge in [-0.3, -0.25) is 13.8 Å². The number of rotatable bonds is 29. The van der Waals surface area contributed by atoms with E-state index < -0.39 is 20.0 Å². The Bertz CT molecular complexity index is 856. The van der Waals surface area contributed by atoms with Gasteiger partial charge in [0.2, 0.25) is 5.91 Å². The molecule has 0 bridgehead atoms. The Balaban J connectivity index is 4.49. The summed E-state index contributed by atoms with van der Waals surface area (Å²) in [7, 11) is -4.34. The lowest BCUT2D eigenvalue weighted by molar-refractivity contribution is -0.123. The van der Waals surface area contributed by atoms with Gasteiger partial charge in [0.15, 0.2) is 0 Å². The Kier molecular flexibility index (Phi) is 29.0. The van der Waals surface area contributed by atoms with Gasteiger partial charge in [-0.1, -0.05) is 113 Å². The average molecular weight is 625 g/mol. The molecule has 248 valence electrons. The van der Waals surface area contributed by atoms with Crippen LogP contribution in [0.1, 0.15) is 117 Å². The molecule has 0 aliphatic carbocycles. The lowest BCUT2D eigenvalue weighted by Gasteiger charge is -2.23. The standard InChI is InChI=1S/C34H61N2O6P/c1-3-5-7-9-11-13-14-15-16-17-18-20-22-24-26-28-34(38)36-32(31-42-43(39,40)41-30-29-35)33(37)27-25-23-21-19-12-10-8-6-4-2/h5,7,11,13,15-16,18,20,25,27,32-33,37H,3-4,6,8-10,12,14,17,19,21-24,26,28-31,35H2,1-2H3,(H,36,38)(H,39,40)/b7-5-,13-11-,16-15-,20-18-,27-25+. The largest absolute Gasteiger partial charge is 0.472 e. The summed E-state index contributed by atoms with van der Waals surface area (Å²) in [5.41, 5.74) is 5.33. The van der Waals surface area contributed by atoms with Crippen LogP contribution in [0.4, 0.5) is 0 Å². The molecule has 0 fully saturated rings. The van der Waals surface area contributed by atoms with Crippen LogP contribution in [0.25, 0.3) is 0 Å². The van der Waals surface area contributed by atoms with Crippen LogP contribution in [0.2, 0.25) is 0 Å². The Hall–Kier alpha value is -1.80. The van der Waals surface area contributed by atoms with Crippen molar-refractivity contribution in [1.29, 1.82) is 0 Å². The van der Waals surface area contributed by atoms with Crippen LogP contribution in [-0.4, -0.2) is 47.8 Å². The lowest BCUT2D eigenvalue weighted by atomic mass is 10.1. The first kappa shape index (κ1) is 41.2. The molecule has 0 radical (unpaired) electrons. The molecule has 8 nitrogen and oxygen atoms in total. The third-order valence-electron chi connectivity index (χ3n) is 6.60. The maximum absolute atomic E-state index is 12.6. The first-order valence-corrected chi connectivity index (χ1v) is 17.9. The molecule has 0 aliphatic rings. The third kappa shape index (κ3) is 28.7. The predicted octanol–water partition coefficient (Wildman–Crippen LogP) is 7.99. The second kappa shape index (κ2) is 30.2. The zero-order valence-electron chi connectivity index (χ0n) is 26.9. The highest BCUT2D eigenvalue weighted by Gasteiger charge is 2.26. The minimum Gasteiger partial charge on any atom is -0.387 e. The van der Waals surface area contributed by atoms with Crippen LogP contribution in [-0.2, 0) is 18.4 Å². The summed E-state index contributed by atoms with van der Waals surface area (Å²) in [4.78, 5) is 22.4. The zero-order chi connectivity index (χ0) is 31.9. The van der Waals surface area contributed by atoms with Gasteiger partial charge in [-0.2, -0.15) is 0 Å². The molecule has 0 aliphatic heterocycles. The van der Waals surface area contributed by atoms with E-state index in [1.54, 1.807) is 6.08 Å². The second-order valence-corrected chi connectivity index (χ2v) is 12.1. The number of phosphoric acid groups is 1. The van der Waals surface area contributed by atoms with Crippen LogP contribution in [0.15, 0.2) is 60.8 Å². The van der Waals surface area contributed by atoms with Gasteiger partial charge in [0.25, 0.3) is 0 Å². The van der Waals surface area contributed by atoms with Crippen molar-refractivity contribution >= 4 is 13.7 Å². The first-order valence-electron chi connectivity index (χ1n) is 16.4. The summed E-state index contributed by atoms with van der Waals surface area (Å²) < 4.78 is 21.9. The van der Waals surface area contributed by atoms with Crippen molar-refractivity contribution in [2.75, 3.05) is 19.8 Å². The van der Waals surface area contributed by atoms with E-state index in [2.05, 4.69) is 67.8 Å². The van der Waals surface area contributed by atoms with Crippen molar-refractivity contribution in [2.24, 2.45) is 5.73 Å². The number of carbonyl (C=O) groups excluding carboxylic acids is 1. The van der Waals surface area contributed by atoms with Gasteiger partial charge in [0, 0.05) is 13.0 Å². The van der Waals surface area contributed by atoms with Crippen molar-refractivity contribution in [3.8, 4) is 0 Å². The van der Waals surface area contributed by atoms with Crippen molar-refractivity contribution < 1.29 is 28.4 Å². The number of phosphoric ester groups is 1. The molecule has 0 aromatic heterocycles. The molecule has 0 saturated carbocycles. The number of hydrogen-bond donors (Lipinski definition) is 4. The van der Waals surface area contributed by atoms with E-state index in [4.69, 9.17) is 14.8 Å². The Morgan fingerprint density at radius 2 is 1.35 bits per heavy atom. The van der Waals surface area contributed by atoms with E-state index in [1.807, 2.05) is 6.08 Å². The summed E-state index contributed by atoms with van der Waals surface area (Å²) in [6, 6.07) is -0.880. The zero-order valence-corrected chi connectivity index (χ0v) is 27.8. The molecule has 43 heavy (non-hydrogen) atoms. The molecule has 0 saturated heterocycles. The number of hydrogen-bond acceptors (Lipinski definition) is 6. The number of nitrogens with two attached hydrogens (primary N) is 1. The van der Waals surface area contributed by atoms with E-state index in [0.29, 0.717) is 12.8 Å². The fourth-order valence-electron chi connectivity index (χ4n) is 4.12. The third-order valence-corrected chi connectivity index (χ3v) is 7.58. The number of aliphatic hydroxyl groups is 1. The number of allylic oxidation sites excluding steroid dienone is 9. The van der Waals surface area contributed by atoms with Gasteiger partial charge in [-0.25, -0.2) is 4.57 Å². The number of nitrogens with one attached hydrogen (secondary N) is 1. The molecule has 0 aromatic carbocycles. The van der Waals surface area contributed by atoms with Crippen LogP contribution < -0.4 is 11.1 Å². The average Bonchev–Trinajstić information content (AvgIpc) is 2.99. The van der Waals surface area contributed by atoms with E-state index in [-0.39, 0.29) is 25.7 Å². The molecule has 3 unspecified atom stereocenters. The molecular formula is C34H61N2O6P. The van der Waals surface area contributed by atoms with Crippen molar-refractivity contribution in [3.63, 3.8) is 0 Å². The molecule has 9 heteroatoms. The monoisotopic (exact) mass is 624 g/mol. The normalized spacial score (nSPS) is 15.4. The van der Waals surface area contributed by atoms with E-state index in [0.717, 1.165) is 57.8 Å². The Morgan fingerprint density at radius 1 is 0.791 bits per heavy atom. The Morgan fingerprint density at radius 3 is 1.98 bits per heavy atom. The van der Waals surface area contributed by atoms with Crippen molar-refractivity contribution in [1.82, 2.24) is 5.32 Å². The molecule has 1 amide bonds. The van der Waals surface area contributed by atoms with Crippen LogP contribution in [0.3, 0.4) is 0 Å². The maximum Gasteiger partial charge on any atom is 0.472 e. The minimum atomic E-state index is -4.34. The predicted molar refractivity (Wildman–Crippen MR) is 180 cm³/mol. The topological polar surface area (TPSA) is 131 Å². The van der Waals surface area contributed by atoms with Crippen molar-refractivity contribution in [2.45, 2.75) is 129 Å². The van der Waals surface area contributed by atoms with E-state index in [9.17, 15) is 19.4 Å². The minimum absolute atomic E-state index is 0.0684. The molecular weight excluding hydrogens is 563 g/mol. The fraction of sp³-hybridized carbons (Fsp3) is 0.676. The SMILES string of the molecule is CC/C=C\C/C=C\C/C=C\C/C=C\CCCCC(=O)NC(COP(=O)(O)OCCN)C(O)/C=C/CCCCCCCCC. The highest BCUT2D eigenvalue weighted by atomic mass is 31.2. The second-order valence-electron chi connectivity index (χ2n) is 10.6. The van der Waals surface area contributed by atoms with Gasteiger partial charge < -0.3 is 21.1 Å². The van der Waals surface area contributed by atoms with Gasteiger partial charge in [-0.15, -0.1) is 0 Å². The van der Waals surface area contributed by atoms with Gasteiger partial charge in [-0.05, 0) is 57.8 Å². The van der Waals surface area contributed by atoms with Gasteiger partial charge in [0.1, 0.15) is 0 Å². The summed E-state index contributed by atoms with van der Waals surface area (Å²) >= 11 is 0. The number of amides is 1. The summed E-state index contributed by atoms with van der Waals surface area (Å²) in [5.74, 6) is -0.242. The van der Waals surface area contributed by atoms with Crippen LogP contribution in [0.5, 0.6) is 0 Å². The van der Waals surface area contributed by atoms with E-state index >= 15 is 0 Å². The van der Waals surface area contributed by atoms with E-state index in [1.165, 1.54) is 32.1 Å². The molecule has 5 N–H and O–H groups in total. The quantitative estimate of drug-likeness (QED) is 0.0377. The maximum atomic E-state index is 12.6.